The van der Waals surface area contributed by atoms with Crippen molar-refractivity contribution in [2.45, 2.75) is 30.3 Å². The standard InChI is InChI=1S/C16H16ClNO2S/c17-14-7-4-8-16(11-14)21(19,20)18(15-9-10-15)12-13-5-2-1-3-6-13/h1-8,11,15H,9-10,12H2. The summed E-state index contributed by atoms with van der Waals surface area (Å²) >= 11 is 5.93. The molecule has 0 amide bonds. The lowest BCUT2D eigenvalue weighted by Crippen LogP contribution is -2.32. The fourth-order valence-electron chi connectivity index (χ4n) is 2.30. The molecule has 110 valence electrons. The molecule has 0 unspecified atom stereocenters. The SMILES string of the molecule is O=S(=O)(c1cccc(Cl)c1)N(Cc1ccccc1)C1CC1. The quantitative estimate of drug-likeness (QED) is 0.842. The lowest BCUT2D eigenvalue weighted by Gasteiger charge is -2.22. The van der Waals surface area contributed by atoms with E-state index in [0.29, 0.717) is 11.6 Å². The van der Waals surface area contributed by atoms with E-state index in [1.54, 1.807) is 22.5 Å². The highest BCUT2D eigenvalue weighted by atomic mass is 35.5. The first-order chi connectivity index (χ1) is 10.1. The van der Waals surface area contributed by atoms with Gasteiger partial charge in [0.2, 0.25) is 10.0 Å². The van der Waals surface area contributed by atoms with Crippen LogP contribution < -0.4 is 0 Å². The topological polar surface area (TPSA) is 37.4 Å². The van der Waals surface area contributed by atoms with Crippen molar-refractivity contribution in [2.75, 3.05) is 0 Å². The lowest BCUT2D eigenvalue weighted by molar-refractivity contribution is 0.398. The Kier molecular flexibility index (Phi) is 4.02. The molecule has 0 bridgehead atoms. The van der Waals surface area contributed by atoms with E-state index in [9.17, 15) is 8.42 Å². The van der Waals surface area contributed by atoms with Gasteiger partial charge >= 0.3 is 0 Å². The van der Waals surface area contributed by atoms with Crippen LogP contribution in [0.25, 0.3) is 0 Å². The molecule has 5 heteroatoms. The Morgan fingerprint density at radius 2 is 1.76 bits per heavy atom. The van der Waals surface area contributed by atoms with Crippen LogP contribution in [0.15, 0.2) is 59.5 Å². The molecule has 0 atom stereocenters. The summed E-state index contributed by atoms with van der Waals surface area (Å²) in [6, 6.07) is 16.2. The van der Waals surface area contributed by atoms with E-state index in [0.717, 1.165) is 18.4 Å². The number of sulfonamides is 1. The molecule has 1 fully saturated rings. The Morgan fingerprint density at radius 3 is 2.38 bits per heavy atom. The second kappa shape index (κ2) is 5.79. The number of halogens is 1. The van der Waals surface area contributed by atoms with Gasteiger partial charge in [0.15, 0.2) is 0 Å². The molecular weight excluding hydrogens is 306 g/mol. The van der Waals surface area contributed by atoms with Crippen molar-refractivity contribution in [3.05, 3.63) is 65.2 Å². The van der Waals surface area contributed by atoms with Crippen LogP contribution in [0.1, 0.15) is 18.4 Å². The minimum absolute atomic E-state index is 0.106. The van der Waals surface area contributed by atoms with Gasteiger partial charge in [0.25, 0.3) is 0 Å². The summed E-state index contributed by atoms with van der Waals surface area (Å²) in [4.78, 5) is 0.262. The van der Waals surface area contributed by atoms with E-state index in [1.807, 2.05) is 30.3 Å². The fraction of sp³-hybridized carbons (Fsp3) is 0.250. The van der Waals surface area contributed by atoms with E-state index >= 15 is 0 Å². The van der Waals surface area contributed by atoms with Crippen LogP contribution in [0.2, 0.25) is 5.02 Å². The van der Waals surface area contributed by atoms with E-state index < -0.39 is 10.0 Å². The van der Waals surface area contributed by atoms with E-state index in [2.05, 4.69) is 0 Å². The van der Waals surface area contributed by atoms with Gasteiger partial charge in [-0.15, -0.1) is 0 Å². The molecule has 0 aromatic heterocycles. The minimum atomic E-state index is -3.51. The van der Waals surface area contributed by atoms with Crippen molar-refractivity contribution in [2.24, 2.45) is 0 Å². The van der Waals surface area contributed by atoms with E-state index in [4.69, 9.17) is 11.6 Å². The summed E-state index contributed by atoms with van der Waals surface area (Å²) in [7, 11) is -3.51. The second-order valence-electron chi connectivity index (χ2n) is 5.22. The van der Waals surface area contributed by atoms with Crippen LogP contribution in [0.4, 0.5) is 0 Å². The molecule has 0 N–H and O–H groups in total. The third-order valence-corrected chi connectivity index (χ3v) is 5.67. The van der Waals surface area contributed by atoms with Gasteiger partial charge in [-0.3, -0.25) is 0 Å². The number of hydrogen-bond acceptors (Lipinski definition) is 2. The normalized spacial score (nSPS) is 15.3. The van der Waals surface area contributed by atoms with Crippen molar-refractivity contribution >= 4 is 21.6 Å². The van der Waals surface area contributed by atoms with Gasteiger partial charge in [0.1, 0.15) is 0 Å². The van der Waals surface area contributed by atoms with Gasteiger partial charge in [-0.05, 0) is 36.6 Å². The first-order valence-electron chi connectivity index (χ1n) is 6.89. The molecule has 2 aromatic carbocycles. The molecule has 21 heavy (non-hydrogen) atoms. The summed E-state index contributed by atoms with van der Waals surface area (Å²) in [5, 5.41) is 0.437. The van der Waals surface area contributed by atoms with Crippen molar-refractivity contribution < 1.29 is 8.42 Å². The number of rotatable bonds is 5. The minimum Gasteiger partial charge on any atom is -0.207 e. The zero-order chi connectivity index (χ0) is 14.9. The average Bonchev–Trinajstić information content (AvgIpc) is 3.30. The predicted octanol–water partition coefficient (Wildman–Crippen LogP) is 3.69. The Bertz CT molecular complexity index is 727. The second-order valence-corrected chi connectivity index (χ2v) is 7.55. The first-order valence-corrected chi connectivity index (χ1v) is 8.70. The van der Waals surface area contributed by atoms with Crippen molar-refractivity contribution in [3.8, 4) is 0 Å². The number of nitrogens with zero attached hydrogens (tertiary/aromatic N) is 1. The Labute approximate surface area is 130 Å². The molecule has 1 aliphatic carbocycles. The predicted molar refractivity (Wildman–Crippen MR) is 83.6 cm³/mol. The van der Waals surface area contributed by atoms with Crippen LogP contribution in [0.3, 0.4) is 0 Å². The highest BCUT2D eigenvalue weighted by molar-refractivity contribution is 7.89. The fourth-order valence-corrected chi connectivity index (χ4v) is 4.27. The molecule has 0 saturated heterocycles. The monoisotopic (exact) mass is 321 g/mol. The van der Waals surface area contributed by atoms with Crippen LogP contribution >= 0.6 is 11.6 Å². The Hall–Kier alpha value is -1.36. The Morgan fingerprint density at radius 1 is 1.05 bits per heavy atom. The largest absolute Gasteiger partial charge is 0.243 e. The van der Waals surface area contributed by atoms with Crippen molar-refractivity contribution in [1.82, 2.24) is 4.31 Å². The first kappa shape index (κ1) is 14.6. The molecule has 0 radical (unpaired) electrons. The van der Waals surface area contributed by atoms with Crippen LogP contribution in [-0.4, -0.2) is 18.8 Å². The highest BCUT2D eigenvalue weighted by Crippen LogP contribution is 2.33. The maximum absolute atomic E-state index is 12.8. The van der Waals surface area contributed by atoms with Crippen LogP contribution in [-0.2, 0) is 16.6 Å². The summed E-state index contributed by atoms with van der Waals surface area (Å²) in [5.41, 5.74) is 0.995. The van der Waals surface area contributed by atoms with E-state index in [-0.39, 0.29) is 10.9 Å². The third-order valence-electron chi connectivity index (χ3n) is 3.54. The molecule has 2 aromatic rings. The summed E-state index contributed by atoms with van der Waals surface area (Å²) in [6.07, 6.45) is 1.85. The zero-order valence-corrected chi connectivity index (χ0v) is 13.0. The molecule has 3 rings (SSSR count). The molecular formula is C16H16ClNO2S. The molecule has 0 aliphatic heterocycles. The van der Waals surface area contributed by atoms with Crippen LogP contribution in [0.5, 0.6) is 0 Å². The van der Waals surface area contributed by atoms with Gasteiger partial charge in [-0.25, -0.2) is 8.42 Å². The maximum atomic E-state index is 12.8. The zero-order valence-electron chi connectivity index (χ0n) is 11.4. The maximum Gasteiger partial charge on any atom is 0.243 e. The molecule has 0 spiro atoms. The summed E-state index contributed by atoms with van der Waals surface area (Å²) in [5.74, 6) is 0. The number of benzene rings is 2. The van der Waals surface area contributed by atoms with Gasteiger partial charge < -0.3 is 0 Å². The summed E-state index contributed by atoms with van der Waals surface area (Å²) in [6.45, 7) is 0.403. The van der Waals surface area contributed by atoms with Gasteiger partial charge in [-0.1, -0.05) is 48.0 Å². The van der Waals surface area contributed by atoms with Gasteiger partial charge in [0.05, 0.1) is 4.90 Å². The molecule has 1 aliphatic rings. The van der Waals surface area contributed by atoms with Gasteiger partial charge in [0, 0.05) is 17.6 Å². The highest BCUT2D eigenvalue weighted by Gasteiger charge is 2.38. The van der Waals surface area contributed by atoms with Crippen molar-refractivity contribution in [3.63, 3.8) is 0 Å². The molecule has 3 nitrogen and oxygen atoms in total. The third kappa shape index (κ3) is 3.28. The van der Waals surface area contributed by atoms with E-state index in [1.165, 1.54) is 6.07 Å². The van der Waals surface area contributed by atoms with Crippen molar-refractivity contribution in [1.29, 1.82) is 0 Å². The lowest BCUT2D eigenvalue weighted by atomic mass is 10.2. The number of hydrogen-bond donors (Lipinski definition) is 0. The van der Waals surface area contributed by atoms with Gasteiger partial charge in [-0.2, -0.15) is 4.31 Å². The average molecular weight is 322 g/mol. The smallest absolute Gasteiger partial charge is 0.207 e. The summed E-state index contributed by atoms with van der Waals surface area (Å²) < 4.78 is 27.3. The molecule has 1 saturated carbocycles. The molecule has 0 heterocycles. The van der Waals surface area contributed by atoms with Crippen LogP contribution in [0, 0.1) is 0 Å². The Balaban J connectivity index is 1.93.